The van der Waals surface area contributed by atoms with Crippen molar-refractivity contribution < 1.29 is 9.90 Å². The average molecular weight is 198 g/mol. The van der Waals surface area contributed by atoms with Crippen LogP contribution in [0.1, 0.15) is 12.8 Å². The second-order valence-electron chi connectivity index (χ2n) is 3.91. The van der Waals surface area contributed by atoms with Crippen molar-refractivity contribution in [2.24, 2.45) is 0 Å². The summed E-state index contributed by atoms with van der Waals surface area (Å²) < 4.78 is 0. The third kappa shape index (κ3) is 3.38. The highest BCUT2D eigenvalue weighted by molar-refractivity contribution is 5.79. The molecule has 0 radical (unpaired) electrons. The Labute approximate surface area is 84.8 Å². The summed E-state index contributed by atoms with van der Waals surface area (Å²) in [5, 5.41) is 8.50. The zero-order chi connectivity index (χ0) is 10.6. The van der Waals surface area contributed by atoms with Crippen LogP contribution >= 0.6 is 0 Å². The van der Waals surface area contributed by atoms with Crippen molar-refractivity contribution in [2.75, 3.05) is 27.2 Å². The Morgan fingerprint density at radius 2 is 2.29 bits per heavy atom. The zero-order valence-corrected chi connectivity index (χ0v) is 8.81. The van der Waals surface area contributed by atoms with Crippen LogP contribution in [0.5, 0.6) is 0 Å². The van der Waals surface area contributed by atoms with Crippen LogP contribution in [-0.4, -0.2) is 54.1 Å². The molecule has 0 aliphatic carbocycles. The molecule has 0 aromatic carbocycles. The number of carboxylic acids is 1. The first-order chi connectivity index (χ1) is 6.59. The van der Waals surface area contributed by atoms with Crippen LogP contribution < -0.4 is 0 Å². The van der Waals surface area contributed by atoms with Gasteiger partial charge in [0.15, 0.2) is 0 Å². The second kappa shape index (κ2) is 5.00. The van der Waals surface area contributed by atoms with Crippen molar-refractivity contribution in [1.29, 1.82) is 0 Å². The number of piperidine rings is 1. The van der Waals surface area contributed by atoms with Gasteiger partial charge in [0.1, 0.15) is 0 Å². The summed E-state index contributed by atoms with van der Waals surface area (Å²) in [6, 6.07) is 0.544. The van der Waals surface area contributed by atoms with E-state index in [0.717, 1.165) is 19.5 Å². The molecule has 0 spiro atoms. The van der Waals surface area contributed by atoms with Gasteiger partial charge in [-0.05, 0) is 26.9 Å². The van der Waals surface area contributed by atoms with Crippen LogP contribution in [0.25, 0.3) is 0 Å². The number of rotatable bonds is 3. The monoisotopic (exact) mass is 198 g/mol. The zero-order valence-electron chi connectivity index (χ0n) is 8.81. The van der Waals surface area contributed by atoms with Crippen molar-refractivity contribution in [3.63, 3.8) is 0 Å². The molecule has 4 nitrogen and oxygen atoms in total. The lowest BCUT2D eigenvalue weighted by Gasteiger charge is -2.35. The van der Waals surface area contributed by atoms with Gasteiger partial charge in [-0.2, -0.15) is 0 Å². The summed E-state index contributed by atoms with van der Waals surface area (Å²) in [6.45, 7) is 1.89. The first-order valence-electron chi connectivity index (χ1n) is 4.91. The quantitative estimate of drug-likeness (QED) is 0.675. The maximum atomic E-state index is 10.3. The van der Waals surface area contributed by atoms with E-state index in [1.165, 1.54) is 12.5 Å². The first kappa shape index (κ1) is 11.0. The highest BCUT2D eigenvalue weighted by Gasteiger charge is 2.18. The van der Waals surface area contributed by atoms with Gasteiger partial charge in [-0.15, -0.1) is 0 Å². The highest BCUT2D eigenvalue weighted by atomic mass is 16.4. The number of hydrogen-bond donors (Lipinski definition) is 1. The Bertz CT molecular complexity index is 226. The maximum absolute atomic E-state index is 10.3. The van der Waals surface area contributed by atoms with Crippen molar-refractivity contribution in [2.45, 2.75) is 18.9 Å². The Hall–Kier alpha value is -1.03. The summed E-state index contributed by atoms with van der Waals surface area (Å²) in [4.78, 5) is 14.6. The van der Waals surface area contributed by atoms with E-state index in [0.29, 0.717) is 6.04 Å². The predicted molar refractivity (Wildman–Crippen MR) is 55.1 cm³/mol. The fraction of sp³-hybridized carbons (Fsp3) is 0.700. The van der Waals surface area contributed by atoms with Gasteiger partial charge >= 0.3 is 5.97 Å². The molecule has 0 aromatic rings. The summed E-state index contributed by atoms with van der Waals surface area (Å²) in [5.41, 5.74) is 0. The largest absolute Gasteiger partial charge is 0.478 e. The molecule has 14 heavy (non-hydrogen) atoms. The lowest BCUT2D eigenvalue weighted by atomic mass is 10.1. The molecule has 1 N–H and O–H groups in total. The van der Waals surface area contributed by atoms with Crippen LogP contribution in [0.2, 0.25) is 0 Å². The third-order valence-electron chi connectivity index (χ3n) is 2.59. The fourth-order valence-corrected chi connectivity index (χ4v) is 1.71. The molecule has 0 amide bonds. The number of carbonyl (C=O) groups is 1. The van der Waals surface area contributed by atoms with Gasteiger partial charge in [0, 0.05) is 31.4 Å². The number of likely N-dealkylation sites (N-methyl/N-ethyl adjacent to an activating group) is 1. The Morgan fingerprint density at radius 3 is 2.86 bits per heavy atom. The third-order valence-corrected chi connectivity index (χ3v) is 2.59. The van der Waals surface area contributed by atoms with E-state index < -0.39 is 5.97 Å². The molecule has 80 valence electrons. The van der Waals surface area contributed by atoms with Gasteiger partial charge in [-0.3, -0.25) is 0 Å². The molecular formula is C10H18N2O2. The fourth-order valence-electron chi connectivity index (χ4n) is 1.71. The van der Waals surface area contributed by atoms with Crippen molar-refractivity contribution in [3.8, 4) is 0 Å². The summed E-state index contributed by atoms with van der Waals surface area (Å²) in [7, 11) is 4.13. The smallest absolute Gasteiger partial charge is 0.329 e. The molecule has 0 bridgehead atoms. The van der Waals surface area contributed by atoms with Crippen molar-refractivity contribution in [1.82, 2.24) is 9.80 Å². The van der Waals surface area contributed by atoms with Crippen LogP contribution in [0.15, 0.2) is 12.3 Å². The number of likely N-dealkylation sites (tertiary alicyclic amines) is 1. The minimum atomic E-state index is -0.878. The number of hydrogen-bond acceptors (Lipinski definition) is 3. The van der Waals surface area contributed by atoms with E-state index in [-0.39, 0.29) is 0 Å². The highest BCUT2D eigenvalue weighted by Crippen LogP contribution is 2.13. The molecule has 1 rings (SSSR count). The first-order valence-corrected chi connectivity index (χ1v) is 4.91. The molecule has 1 unspecified atom stereocenters. The second-order valence-corrected chi connectivity index (χ2v) is 3.91. The molecule has 0 aromatic heterocycles. The molecule has 1 fully saturated rings. The molecule has 1 atom stereocenters. The van der Waals surface area contributed by atoms with E-state index in [1.807, 2.05) is 0 Å². The molecule has 1 heterocycles. The summed E-state index contributed by atoms with van der Waals surface area (Å²) >= 11 is 0. The Balaban J connectivity index is 2.44. The Kier molecular flexibility index (Phi) is 3.95. The van der Waals surface area contributed by atoms with Gasteiger partial charge < -0.3 is 14.9 Å². The topological polar surface area (TPSA) is 43.8 Å². The summed E-state index contributed by atoms with van der Waals surface area (Å²) in [5.74, 6) is -0.878. The van der Waals surface area contributed by atoms with Crippen LogP contribution in [0.4, 0.5) is 0 Å². The van der Waals surface area contributed by atoms with Crippen LogP contribution in [0.3, 0.4) is 0 Å². The predicted octanol–water partition coefficient (Wildman–Crippen LogP) is 0.611. The molecule has 4 heteroatoms. The number of aliphatic carboxylic acids is 1. The van der Waals surface area contributed by atoms with E-state index in [1.54, 1.807) is 6.20 Å². The van der Waals surface area contributed by atoms with E-state index in [9.17, 15) is 4.79 Å². The van der Waals surface area contributed by atoms with Gasteiger partial charge in [-0.25, -0.2) is 4.79 Å². The molecule has 1 saturated heterocycles. The van der Waals surface area contributed by atoms with Crippen molar-refractivity contribution in [3.05, 3.63) is 12.3 Å². The minimum absolute atomic E-state index is 0.544. The van der Waals surface area contributed by atoms with E-state index >= 15 is 0 Å². The lowest BCUT2D eigenvalue weighted by molar-refractivity contribution is -0.131. The molecule has 1 aliphatic heterocycles. The lowest BCUT2D eigenvalue weighted by Crippen LogP contribution is -2.42. The minimum Gasteiger partial charge on any atom is -0.478 e. The number of nitrogens with zero attached hydrogens (tertiary/aromatic N) is 2. The van der Waals surface area contributed by atoms with Gasteiger partial charge in [-0.1, -0.05) is 0 Å². The van der Waals surface area contributed by atoms with Gasteiger partial charge in [0.2, 0.25) is 0 Å². The van der Waals surface area contributed by atoms with E-state index in [2.05, 4.69) is 23.9 Å². The summed E-state index contributed by atoms with van der Waals surface area (Å²) in [6.07, 6.45) is 5.22. The standard InChI is InChI=1S/C10H18N2O2/c1-11(2)9-4-3-6-12(8-9)7-5-10(13)14/h5,7,9H,3-4,6,8H2,1-2H3,(H,13,14)/b7-5+. The molecule has 1 aliphatic rings. The van der Waals surface area contributed by atoms with Gasteiger partial charge in [0.05, 0.1) is 0 Å². The maximum Gasteiger partial charge on any atom is 0.329 e. The molecular weight excluding hydrogens is 180 g/mol. The van der Waals surface area contributed by atoms with Crippen molar-refractivity contribution >= 4 is 5.97 Å². The normalized spacial score (nSPS) is 23.4. The van der Waals surface area contributed by atoms with Crippen LogP contribution in [-0.2, 0) is 4.79 Å². The van der Waals surface area contributed by atoms with E-state index in [4.69, 9.17) is 5.11 Å². The molecule has 0 saturated carbocycles. The number of carboxylic acid groups (broad SMARTS) is 1. The SMILES string of the molecule is CN(C)C1CCCN(/C=C/C(=O)O)C1. The van der Waals surface area contributed by atoms with Crippen LogP contribution in [0, 0.1) is 0 Å². The van der Waals surface area contributed by atoms with Gasteiger partial charge in [0.25, 0.3) is 0 Å². The average Bonchev–Trinajstić information content (AvgIpc) is 2.15. The Morgan fingerprint density at radius 1 is 1.57 bits per heavy atom.